The maximum absolute atomic E-state index is 8.07. The van der Waals surface area contributed by atoms with E-state index in [2.05, 4.69) is 16.8 Å². The van der Waals surface area contributed by atoms with Gasteiger partial charge < -0.3 is 5.11 Å². The molecule has 0 aromatic heterocycles. The fraction of sp³-hybridized carbons (Fsp3) is 1.00. The molecule has 0 bridgehead atoms. The van der Waals surface area contributed by atoms with E-state index in [1.54, 1.807) is 0 Å². The van der Waals surface area contributed by atoms with Gasteiger partial charge in [0.1, 0.15) is 0 Å². The number of aliphatic hydroxyl groups excluding tert-OH is 1. The van der Waals surface area contributed by atoms with Crippen LogP contribution in [0.3, 0.4) is 0 Å². The van der Waals surface area contributed by atoms with Crippen molar-refractivity contribution in [3.05, 3.63) is 0 Å². The summed E-state index contributed by atoms with van der Waals surface area (Å²) >= 11 is 0.230. The van der Waals surface area contributed by atoms with Crippen LogP contribution in [0.4, 0.5) is 0 Å². The Morgan fingerprint density at radius 2 is 1.75 bits per heavy atom. The maximum atomic E-state index is 8.07. The summed E-state index contributed by atoms with van der Waals surface area (Å²) in [5, 5.41) is 8.07. The Balaban J connectivity index is 0. The summed E-state index contributed by atoms with van der Waals surface area (Å²) in [5.74, 6) is 0. The van der Waals surface area contributed by atoms with Crippen molar-refractivity contribution < 1.29 is 5.11 Å². The van der Waals surface area contributed by atoms with Crippen molar-refractivity contribution in [2.75, 3.05) is 6.61 Å². The summed E-state index contributed by atoms with van der Waals surface area (Å²) in [4.78, 5) is 4.59. The zero-order valence-electron chi connectivity index (χ0n) is 6.07. The Morgan fingerprint density at radius 3 is 1.75 bits per heavy atom. The van der Waals surface area contributed by atoms with Gasteiger partial charge in [-0.3, -0.25) is 0 Å². The van der Waals surface area contributed by atoms with Crippen LogP contribution < -0.4 is 0 Å². The molecule has 0 saturated heterocycles. The van der Waals surface area contributed by atoms with Gasteiger partial charge in [0.15, 0.2) is 0 Å². The monoisotopic (exact) mass is 224 g/mol. The van der Waals surface area contributed by atoms with E-state index >= 15 is 0 Å². The van der Waals surface area contributed by atoms with Crippen molar-refractivity contribution in [2.24, 2.45) is 0 Å². The van der Waals surface area contributed by atoms with Crippen LogP contribution in [0.1, 0.15) is 19.8 Å². The molecule has 0 aromatic rings. The molecule has 2 radical (unpaired) electrons. The number of hydrogen-bond donors (Lipinski definition) is 1. The van der Waals surface area contributed by atoms with Crippen LogP contribution in [0.5, 0.6) is 0 Å². The fourth-order valence-corrected chi connectivity index (χ4v) is 0.158. The molecule has 0 aliphatic carbocycles. The zero-order chi connectivity index (χ0) is 6.83. The topological polar surface area (TPSA) is 20.2 Å². The number of hydrogen-bond acceptors (Lipinski definition) is 1. The minimum absolute atomic E-state index is 0.230. The number of rotatable bonds is 2. The van der Waals surface area contributed by atoms with Crippen LogP contribution >= 0.6 is 0 Å². The zero-order valence-corrected chi connectivity index (χ0v) is 8.92. The molecule has 0 heterocycles. The molecule has 0 rings (SSSR count). The molecule has 0 saturated carbocycles. The minimum atomic E-state index is 0.230. The van der Waals surface area contributed by atoms with Crippen molar-refractivity contribution in [2.45, 2.75) is 29.6 Å². The van der Waals surface area contributed by atoms with E-state index in [4.69, 9.17) is 5.11 Å². The SMILES string of the molecule is CCCCO.[CH3][Sn][CH3]. The molecule has 0 unspecified atom stereocenters. The third-order valence-electron chi connectivity index (χ3n) is 0.512. The molecular formula is C6H16OSn. The summed E-state index contributed by atoms with van der Waals surface area (Å²) in [6.07, 6.45) is 2.04. The Kier molecular flexibility index (Phi) is 22.6. The first-order chi connectivity index (χ1) is 3.83. The fourth-order valence-electron chi connectivity index (χ4n) is 0.158. The molecule has 0 spiro atoms. The van der Waals surface area contributed by atoms with E-state index in [-0.39, 0.29) is 21.1 Å². The van der Waals surface area contributed by atoms with Gasteiger partial charge in [-0.1, -0.05) is 13.3 Å². The summed E-state index contributed by atoms with van der Waals surface area (Å²) in [5.41, 5.74) is 0. The first-order valence-corrected chi connectivity index (χ1v) is 8.73. The van der Waals surface area contributed by atoms with Crippen molar-refractivity contribution >= 4 is 21.1 Å². The second kappa shape index (κ2) is 15.7. The van der Waals surface area contributed by atoms with Crippen molar-refractivity contribution in [3.63, 3.8) is 0 Å². The van der Waals surface area contributed by atoms with Gasteiger partial charge in [-0.2, -0.15) is 0 Å². The van der Waals surface area contributed by atoms with Gasteiger partial charge in [-0.05, 0) is 6.42 Å². The van der Waals surface area contributed by atoms with E-state index in [1.165, 1.54) is 0 Å². The van der Waals surface area contributed by atoms with E-state index in [9.17, 15) is 0 Å². The molecule has 0 fully saturated rings. The molecule has 0 aromatic carbocycles. The first kappa shape index (κ1) is 11.5. The van der Waals surface area contributed by atoms with Crippen LogP contribution in [0.15, 0.2) is 0 Å². The normalized spacial score (nSPS) is 7.50. The molecule has 2 heteroatoms. The van der Waals surface area contributed by atoms with Crippen LogP contribution in [-0.2, 0) is 0 Å². The van der Waals surface area contributed by atoms with E-state index in [0.717, 1.165) is 12.8 Å². The van der Waals surface area contributed by atoms with Gasteiger partial charge in [0.25, 0.3) is 0 Å². The summed E-state index contributed by atoms with van der Waals surface area (Å²) in [6.45, 7) is 2.40. The molecule has 0 amide bonds. The molecular weight excluding hydrogens is 207 g/mol. The Morgan fingerprint density at radius 1 is 1.38 bits per heavy atom. The molecule has 8 heavy (non-hydrogen) atoms. The van der Waals surface area contributed by atoms with Crippen LogP contribution in [0.2, 0.25) is 9.88 Å². The molecule has 1 nitrogen and oxygen atoms in total. The van der Waals surface area contributed by atoms with Gasteiger partial charge in [-0.15, -0.1) is 0 Å². The molecule has 0 aliphatic rings. The van der Waals surface area contributed by atoms with Gasteiger partial charge in [-0.25, -0.2) is 0 Å². The van der Waals surface area contributed by atoms with Crippen LogP contribution in [0.25, 0.3) is 0 Å². The van der Waals surface area contributed by atoms with E-state index in [1.807, 2.05) is 0 Å². The first-order valence-electron chi connectivity index (χ1n) is 3.02. The average molecular weight is 223 g/mol. The second-order valence-corrected chi connectivity index (χ2v) is 4.43. The third-order valence-corrected chi connectivity index (χ3v) is 0.512. The van der Waals surface area contributed by atoms with Crippen LogP contribution in [-0.4, -0.2) is 32.9 Å². The van der Waals surface area contributed by atoms with Crippen molar-refractivity contribution in [1.29, 1.82) is 0 Å². The summed E-state index contributed by atoms with van der Waals surface area (Å²) < 4.78 is 0. The van der Waals surface area contributed by atoms with Gasteiger partial charge >= 0.3 is 31.0 Å². The van der Waals surface area contributed by atoms with E-state index < -0.39 is 0 Å². The number of aliphatic hydroxyl groups is 1. The number of unbranched alkanes of at least 4 members (excludes halogenated alkanes) is 1. The van der Waals surface area contributed by atoms with Gasteiger partial charge in [0.2, 0.25) is 0 Å². The molecule has 50 valence electrons. The standard InChI is InChI=1S/C4H10O.2CH3.Sn/c1-2-3-4-5;;;/h5H,2-4H2,1H3;2*1H3;. The Bertz CT molecular complexity index is 22.5. The predicted molar refractivity (Wildman–Crippen MR) is 39.5 cm³/mol. The van der Waals surface area contributed by atoms with Crippen molar-refractivity contribution in [3.8, 4) is 0 Å². The van der Waals surface area contributed by atoms with Gasteiger partial charge in [0.05, 0.1) is 0 Å². The Labute approximate surface area is 62.7 Å². The second-order valence-electron chi connectivity index (χ2n) is 1.58. The molecule has 1 N–H and O–H groups in total. The van der Waals surface area contributed by atoms with Crippen LogP contribution in [0, 0.1) is 0 Å². The molecule has 0 aliphatic heterocycles. The quantitative estimate of drug-likeness (QED) is 0.704. The molecule has 0 atom stereocenters. The summed E-state index contributed by atoms with van der Waals surface area (Å²) in [6, 6.07) is 0. The van der Waals surface area contributed by atoms with Gasteiger partial charge in [0, 0.05) is 6.61 Å². The third kappa shape index (κ3) is 29.5. The van der Waals surface area contributed by atoms with E-state index in [0.29, 0.717) is 6.61 Å². The average Bonchev–Trinajstić information content (AvgIpc) is 1.71. The predicted octanol–water partition coefficient (Wildman–Crippen LogP) is 1.57. The Hall–Kier alpha value is 0.759. The van der Waals surface area contributed by atoms with Crippen molar-refractivity contribution in [1.82, 2.24) is 0 Å². The summed E-state index contributed by atoms with van der Waals surface area (Å²) in [7, 11) is 0.